The predicted molar refractivity (Wildman–Crippen MR) is 77.9 cm³/mol. The Balaban J connectivity index is 2.81. The number of pyridine rings is 1. The van der Waals surface area contributed by atoms with Crippen molar-refractivity contribution in [3.63, 3.8) is 0 Å². The van der Waals surface area contributed by atoms with Gasteiger partial charge in [0.1, 0.15) is 11.5 Å². The standard InChI is InChI=1S/C14H13BrF4N2/c1-3-4-20-9-6-10(14(17,18)19)21-13-7(2)5-8(16)12(15)11(9)13/h5-6H,3-4H2,1-2H3,(H,20,21). The van der Waals surface area contributed by atoms with Gasteiger partial charge in [0.2, 0.25) is 0 Å². The fourth-order valence-corrected chi connectivity index (χ4v) is 2.55. The first-order valence-electron chi connectivity index (χ1n) is 6.36. The van der Waals surface area contributed by atoms with Crippen LogP contribution in [0.3, 0.4) is 0 Å². The van der Waals surface area contributed by atoms with Gasteiger partial charge in [-0.25, -0.2) is 9.37 Å². The lowest BCUT2D eigenvalue weighted by Crippen LogP contribution is -2.11. The molecule has 0 aliphatic rings. The number of nitrogens with zero attached hydrogens (tertiary/aromatic N) is 1. The van der Waals surface area contributed by atoms with Crippen molar-refractivity contribution in [2.24, 2.45) is 0 Å². The zero-order valence-corrected chi connectivity index (χ0v) is 13.0. The number of hydrogen-bond acceptors (Lipinski definition) is 2. The Morgan fingerprint density at radius 2 is 1.95 bits per heavy atom. The van der Waals surface area contributed by atoms with Crippen LogP contribution in [0.15, 0.2) is 16.6 Å². The molecule has 7 heteroatoms. The third-order valence-corrected chi connectivity index (χ3v) is 3.80. The summed E-state index contributed by atoms with van der Waals surface area (Å²) in [4.78, 5) is 3.66. The molecule has 0 atom stereocenters. The molecule has 1 heterocycles. The Bertz CT molecular complexity index is 683. The highest BCUT2D eigenvalue weighted by atomic mass is 79.9. The van der Waals surface area contributed by atoms with Gasteiger partial charge >= 0.3 is 6.18 Å². The molecule has 21 heavy (non-hydrogen) atoms. The molecule has 2 aromatic rings. The molecule has 0 saturated heterocycles. The highest BCUT2D eigenvalue weighted by Crippen LogP contribution is 2.38. The van der Waals surface area contributed by atoms with E-state index in [1.807, 2.05) is 6.92 Å². The minimum absolute atomic E-state index is 0.114. The van der Waals surface area contributed by atoms with Crippen LogP contribution in [-0.2, 0) is 6.18 Å². The lowest BCUT2D eigenvalue weighted by atomic mass is 10.1. The first-order chi connectivity index (χ1) is 9.75. The van der Waals surface area contributed by atoms with E-state index in [0.29, 0.717) is 17.5 Å². The number of rotatable bonds is 3. The fraction of sp³-hybridized carbons (Fsp3) is 0.357. The normalized spacial score (nSPS) is 12.0. The van der Waals surface area contributed by atoms with E-state index < -0.39 is 17.7 Å². The summed E-state index contributed by atoms with van der Waals surface area (Å²) in [7, 11) is 0. The van der Waals surface area contributed by atoms with Gasteiger partial charge in [0.05, 0.1) is 9.99 Å². The maximum absolute atomic E-state index is 13.8. The smallest absolute Gasteiger partial charge is 0.384 e. The van der Waals surface area contributed by atoms with Gasteiger partial charge in [0.25, 0.3) is 0 Å². The van der Waals surface area contributed by atoms with Gasteiger partial charge in [-0.05, 0) is 47.0 Å². The van der Waals surface area contributed by atoms with Crippen molar-refractivity contribution in [3.8, 4) is 0 Å². The molecule has 0 aliphatic carbocycles. The largest absolute Gasteiger partial charge is 0.433 e. The molecule has 0 bridgehead atoms. The van der Waals surface area contributed by atoms with Crippen LogP contribution in [0.2, 0.25) is 0 Å². The first-order valence-corrected chi connectivity index (χ1v) is 7.15. The number of anilines is 1. The summed E-state index contributed by atoms with van der Waals surface area (Å²) in [6.45, 7) is 3.91. The average Bonchev–Trinajstić information content (AvgIpc) is 2.40. The molecule has 0 saturated carbocycles. The van der Waals surface area contributed by atoms with E-state index in [9.17, 15) is 17.6 Å². The summed E-state index contributed by atoms with van der Waals surface area (Å²) in [5.74, 6) is -0.527. The van der Waals surface area contributed by atoms with Crippen LogP contribution in [0.25, 0.3) is 10.9 Å². The molecular formula is C14H13BrF4N2. The second-order valence-corrected chi connectivity index (χ2v) is 5.49. The monoisotopic (exact) mass is 364 g/mol. The lowest BCUT2D eigenvalue weighted by Gasteiger charge is -2.15. The Morgan fingerprint density at radius 3 is 2.52 bits per heavy atom. The zero-order chi connectivity index (χ0) is 15.8. The second-order valence-electron chi connectivity index (χ2n) is 4.69. The minimum atomic E-state index is -4.55. The molecule has 0 spiro atoms. The number of hydrogen-bond donors (Lipinski definition) is 1. The van der Waals surface area contributed by atoms with E-state index >= 15 is 0 Å². The fourth-order valence-electron chi connectivity index (χ4n) is 2.04. The Labute approximate surface area is 127 Å². The summed E-state index contributed by atoms with van der Waals surface area (Å²) in [6, 6.07) is 2.09. The molecule has 1 N–H and O–H groups in total. The van der Waals surface area contributed by atoms with Crippen LogP contribution < -0.4 is 5.32 Å². The van der Waals surface area contributed by atoms with Crippen molar-refractivity contribution in [2.75, 3.05) is 11.9 Å². The molecule has 1 aromatic heterocycles. The van der Waals surface area contributed by atoms with Gasteiger partial charge in [-0.2, -0.15) is 13.2 Å². The molecule has 1 aromatic carbocycles. The number of nitrogens with one attached hydrogen (secondary N) is 1. The maximum atomic E-state index is 13.8. The predicted octanol–water partition coefficient (Wildman–Crippen LogP) is 5.29. The van der Waals surface area contributed by atoms with Crippen molar-refractivity contribution >= 4 is 32.5 Å². The quantitative estimate of drug-likeness (QED) is 0.748. The van der Waals surface area contributed by atoms with Crippen LogP contribution in [0.5, 0.6) is 0 Å². The van der Waals surface area contributed by atoms with E-state index in [2.05, 4.69) is 26.2 Å². The van der Waals surface area contributed by atoms with Crippen molar-refractivity contribution in [1.29, 1.82) is 0 Å². The Hall–Kier alpha value is -1.37. The van der Waals surface area contributed by atoms with E-state index in [1.54, 1.807) is 0 Å². The number of fused-ring (bicyclic) bond motifs is 1. The third-order valence-electron chi connectivity index (χ3n) is 3.02. The molecule has 0 fully saturated rings. The van der Waals surface area contributed by atoms with Crippen molar-refractivity contribution in [3.05, 3.63) is 33.7 Å². The number of aromatic nitrogens is 1. The molecule has 0 radical (unpaired) electrons. The highest BCUT2D eigenvalue weighted by molar-refractivity contribution is 9.10. The summed E-state index contributed by atoms with van der Waals surface area (Å²) in [6.07, 6.45) is -3.82. The van der Waals surface area contributed by atoms with Crippen LogP contribution in [0, 0.1) is 12.7 Å². The van der Waals surface area contributed by atoms with Gasteiger partial charge in [-0.3, -0.25) is 0 Å². The Morgan fingerprint density at radius 1 is 1.29 bits per heavy atom. The average molecular weight is 365 g/mol. The second kappa shape index (κ2) is 5.79. The molecular weight excluding hydrogens is 352 g/mol. The van der Waals surface area contributed by atoms with Gasteiger partial charge in [-0.1, -0.05) is 6.92 Å². The lowest BCUT2D eigenvalue weighted by molar-refractivity contribution is -0.140. The molecule has 0 aliphatic heterocycles. The highest BCUT2D eigenvalue weighted by Gasteiger charge is 2.34. The van der Waals surface area contributed by atoms with Crippen molar-refractivity contribution in [1.82, 2.24) is 4.98 Å². The SMILES string of the molecule is CCCNc1cc(C(F)(F)F)nc2c(C)cc(F)c(Br)c12. The van der Waals surface area contributed by atoms with Gasteiger partial charge < -0.3 is 5.32 Å². The third kappa shape index (κ3) is 3.12. The van der Waals surface area contributed by atoms with Crippen LogP contribution in [0.4, 0.5) is 23.2 Å². The van der Waals surface area contributed by atoms with Crippen LogP contribution in [0.1, 0.15) is 24.6 Å². The number of alkyl halides is 3. The molecule has 2 nitrogen and oxygen atoms in total. The molecule has 0 unspecified atom stereocenters. The summed E-state index contributed by atoms with van der Waals surface area (Å²) >= 11 is 3.10. The molecule has 2 rings (SSSR count). The molecule has 114 valence electrons. The zero-order valence-electron chi connectivity index (χ0n) is 11.4. The summed E-state index contributed by atoms with van der Waals surface area (Å²) in [5, 5.41) is 3.24. The number of halogens is 5. The van der Waals surface area contributed by atoms with Crippen molar-refractivity contribution in [2.45, 2.75) is 26.4 Å². The topological polar surface area (TPSA) is 24.9 Å². The van der Waals surface area contributed by atoms with E-state index in [0.717, 1.165) is 12.5 Å². The maximum Gasteiger partial charge on any atom is 0.433 e. The van der Waals surface area contributed by atoms with Crippen LogP contribution >= 0.6 is 15.9 Å². The van der Waals surface area contributed by atoms with Gasteiger partial charge in [0, 0.05) is 17.6 Å². The van der Waals surface area contributed by atoms with E-state index in [4.69, 9.17) is 0 Å². The van der Waals surface area contributed by atoms with Gasteiger partial charge in [0.15, 0.2) is 0 Å². The van der Waals surface area contributed by atoms with Crippen molar-refractivity contribution < 1.29 is 17.6 Å². The summed E-state index contributed by atoms with van der Waals surface area (Å²) < 4.78 is 52.8. The Kier molecular flexibility index (Phi) is 4.41. The van der Waals surface area contributed by atoms with E-state index in [-0.39, 0.29) is 15.7 Å². The minimum Gasteiger partial charge on any atom is -0.384 e. The number of aryl methyl sites for hydroxylation is 1. The van der Waals surface area contributed by atoms with Gasteiger partial charge in [-0.15, -0.1) is 0 Å². The number of benzene rings is 1. The first kappa shape index (κ1) is 16.0. The molecule has 0 amide bonds. The van der Waals surface area contributed by atoms with Crippen LogP contribution in [-0.4, -0.2) is 11.5 Å². The summed E-state index contributed by atoms with van der Waals surface area (Å²) in [5.41, 5.74) is -0.271. The van der Waals surface area contributed by atoms with E-state index in [1.165, 1.54) is 13.0 Å².